The maximum absolute atomic E-state index is 12.2. The minimum absolute atomic E-state index is 0.217. The smallest absolute Gasteiger partial charge is 0.271 e. The normalized spacial score (nSPS) is 10.4. The number of benzene rings is 2. The molecule has 0 bridgehead atoms. The molecular weight excluding hydrogens is 324 g/mol. The van der Waals surface area contributed by atoms with Crippen molar-refractivity contribution in [2.45, 2.75) is 20.3 Å². The molecule has 0 aliphatic carbocycles. The minimum atomic E-state index is -0.217. The van der Waals surface area contributed by atoms with Gasteiger partial charge in [0.2, 0.25) is 0 Å². The van der Waals surface area contributed by atoms with Gasteiger partial charge in [0.05, 0.1) is 12.4 Å². The molecule has 0 fully saturated rings. The molecule has 0 unspecified atom stereocenters. The molecule has 132 valence electrons. The van der Waals surface area contributed by atoms with Crippen LogP contribution in [0.5, 0.6) is 0 Å². The summed E-state index contributed by atoms with van der Waals surface area (Å²) in [5.74, 6) is 0.389. The largest absolute Gasteiger partial charge is 0.350 e. The lowest BCUT2D eigenvalue weighted by Gasteiger charge is -2.08. The summed E-state index contributed by atoms with van der Waals surface area (Å²) in [5, 5.41) is 6.07. The zero-order valence-corrected chi connectivity index (χ0v) is 15.0. The van der Waals surface area contributed by atoms with E-state index in [2.05, 4.69) is 46.6 Å². The highest BCUT2D eigenvalue weighted by Crippen LogP contribution is 2.17. The maximum Gasteiger partial charge on any atom is 0.271 e. The molecule has 1 amide bonds. The van der Waals surface area contributed by atoms with Crippen molar-refractivity contribution in [3.05, 3.63) is 83.3 Å². The average Bonchev–Trinajstić information content (AvgIpc) is 2.66. The quantitative estimate of drug-likeness (QED) is 0.712. The molecule has 1 aromatic heterocycles. The van der Waals surface area contributed by atoms with Gasteiger partial charge < -0.3 is 10.6 Å². The van der Waals surface area contributed by atoms with Gasteiger partial charge in [0.15, 0.2) is 0 Å². The zero-order chi connectivity index (χ0) is 18.4. The molecule has 0 saturated carbocycles. The van der Waals surface area contributed by atoms with Crippen molar-refractivity contribution < 1.29 is 4.79 Å². The second-order valence-corrected chi connectivity index (χ2v) is 6.20. The van der Waals surface area contributed by atoms with Crippen LogP contribution in [0.3, 0.4) is 0 Å². The molecule has 0 radical (unpaired) electrons. The second-order valence-electron chi connectivity index (χ2n) is 6.20. The van der Waals surface area contributed by atoms with Gasteiger partial charge in [0.25, 0.3) is 5.91 Å². The van der Waals surface area contributed by atoms with Gasteiger partial charge in [-0.05, 0) is 49.1 Å². The van der Waals surface area contributed by atoms with Crippen molar-refractivity contribution in [2.75, 3.05) is 11.9 Å². The Balaban J connectivity index is 1.54. The fourth-order valence-corrected chi connectivity index (χ4v) is 2.53. The van der Waals surface area contributed by atoms with Gasteiger partial charge in [-0.2, -0.15) is 0 Å². The van der Waals surface area contributed by atoms with Gasteiger partial charge in [-0.3, -0.25) is 4.79 Å². The van der Waals surface area contributed by atoms with Gasteiger partial charge in [0, 0.05) is 12.2 Å². The lowest BCUT2D eigenvalue weighted by Crippen LogP contribution is -2.26. The van der Waals surface area contributed by atoms with Crippen LogP contribution in [0, 0.1) is 13.8 Å². The van der Waals surface area contributed by atoms with Crippen molar-refractivity contribution in [2.24, 2.45) is 0 Å². The van der Waals surface area contributed by atoms with Crippen LogP contribution < -0.4 is 10.6 Å². The number of aromatic nitrogens is 2. The molecule has 1 heterocycles. The van der Waals surface area contributed by atoms with Crippen molar-refractivity contribution in [1.29, 1.82) is 0 Å². The van der Waals surface area contributed by atoms with E-state index in [4.69, 9.17) is 0 Å². The molecule has 5 heteroatoms. The van der Waals surface area contributed by atoms with Crippen molar-refractivity contribution >= 4 is 17.4 Å². The van der Waals surface area contributed by atoms with Crippen molar-refractivity contribution in [3.63, 3.8) is 0 Å². The Kier molecular flexibility index (Phi) is 5.59. The van der Waals surface area contributed by atoms with Gasteiger partial charge >= 0.3 is 0 Å². The fourth-order valence-electron chi connectivity index (χ4n) is 2.53. The fraction of sp³-hybridized carbons (Fsp3) is 0.190. The first-order valence-corrected chi connectivity index (χ1v) is 8.60. The Morgan fingerprint density at radius 1 is 0.962 bits per heavy atom. The summed E-state index contributed by atoms with van der Waals surface area (Å²) < 4.78 is 0. The zero-order valence-electron chi connectivity index (χ0n) is 15.0. The number of hydrogen-bond acceptors (Lipinski definition) is 4. The van der Waals surface area contributed by atoms with Crippen LogP contribution in [0.15, 0.2) is 60.9 Å². The number of nitrogens with zero attached hydrogens (tertiary/aromatic N) is 2. The number of anilines is 2. The summed E-state index contributed by atoms with van der Waals surface area (Å²) in [7, 11) is 0. The number of hydrogen-bond donors (Lipinski definition) is 2. The molecule has 0 aliphatic heterocycles. The monoisotopic (exact) mass is 346 g/mol. The lowest BCUT2D eigenvalue weighted by atomic mass is 10.1. The highest BCUT2D eigenvalue weighted by Gasteiger charge is 2.08. The Labute approximate surface area is 153 Å². The SMILES string of the molecule is Cc1ccc(Nc2cnc(C(=O)NCCc3ccccc3)cn2)cc1C. The number of amides is 1. The molecule has 2 aromatic carbocycles. The minimum Gasteiger partial charge on any atom is -0.350 e. The number of carbonyl (C=O) groups is 1. The molecule has 3 rings (SSSR count). The van der Waals surface area contributed by atoms with Gasteiger partial charge in [-0.25, -0.2) is 9.97 Å². The molecule has 3 aromatic rings. The molecule has 0 spiro atoms. The molecule has 26 heavy (non-hydrogen) atoms. The summed E-state index contributed by atoms with van der Waals surface area (Å²) in [6, 6.07) is 16.1. The lowest BCUT2D eigenvalue weighted by molar-refractivity contribution is 0.0949. The van der Waals surface area contributed by atoms with Crippen LogP contribution >= 0.6 is 0 Å². The van der Waals surface area contributed by atoms with E-state index in [-0.39, 0.29) is 5.91 Å². The van der Waals surface area contributed by atoms with Crippen LogP contribution in [0.25, 0.3) is 0 Å². The van der Waals surface area contributed by atoms with Gasteiger partial charge in [0.1, 0.15) is 11.5 Å². The van der Waals surface area contributed by atoms with Crippen molar-refractivity contribution in [3.8, 4) is 0 Å². The van der Waals surface area contributed by atoms with E-state index in [9.17, 15) is 4.79 Å². The van der Waals surface area contributed by atoms with E-state index in [0.29, 0.717) is 18.1 Å². The standard InChI is InChI=1S/C21H22N4O/c1-15-8-9-18(12-16(15)2)25-20-14-23-19(13-24-20)21(26)22-11-10-17-6-4-3-5-7-17/h3-9,12-14H,10-11H2,1-2H3,(H,22,26)(H,24,25). The number of aryl methyl sites for hydroxylation is 2. The predicted octanol–water partition coefficient (Wildman–Crippen LogP) is 3.81. The molecule has 0 aliphatic rings. The first-order chi connectivity index (χ1) is 12.6. The number of carbonyl (C=O) groups excluding carboxylic acids is 1. The average molecular weight is 346 g/mol. The topological polar surface area (TPSA) is 66.9 Å². The van der Waals surface area contributed by atoms with Gasteiger partial charge in [-0.1, -0.05) is 36.4 Å². The summed E-state index contributed by atoms with van der Waals surface area (Å²) >= 11 is 0. The van der Waals surface area contributed by atoms with E-state index >= 15 is 0 Å². The van der Waals surface area contributed by atoms with E-state index in [1.165, 1.54) is 22.9 Å². The van der Waals surface area contributed by atoms with Crippen LogP contribution in [-0.2, 0) is 6.42 Å². The molecular formula is C21H22N4O. The third-order valence-electron chi connectivity index (χ3n) is 4.21. The second kappa shape index (κ2) is 8.25. The summed E-state index contributed by atoms with van der Waals surface area (Å²) in [4.78, 5) is 20.6. The third kappa shape index (κ3) is 4.66. The van der Waals surface area contributed by atoms with E-state index in [0.717, 1.165) is 12.1 Å². The number of rotatable bonds is 6. The van der Waals surface area contributed by atoms with Crippen LogP contribution in [0.2, 0.25) is 0 Å². The molecule has 0 saturated heterocycles. The Bertz CT molecular complexity index is 876. The summed E-state index contributed by atoms with van der Waals surface area (Å²) in [5.41, 5.74) is 4.89. The third-order valence-corrected chi connectivity index (χ3v) is 4.21. The van der Waals surface area contributed by atoms with E-state index in [1.807, 2.05) is 36.4 Å². The number of nitrogens with one attached hydrogen (secondary N) is 2. The first kappa shape index (κ1) is 17.6. The maximum atomic E-state index is 12.2. The van der Waals surface area contributed by atoms with Crippen LogP contribution in [-0.4, -0.2) is 22.4 Å². The van der Waals surface area contributed by atoms with Crippen LogP contribution in [0.1, 0.15) is 27.2 Å². The highest BCUT2D eigenvalue weighted by molar-refractivity contribution is 5.92. The Hall–Kier alpha value is -3.21. The van der Waals surface area contributed by atoms with Crippen LogP contribution in [0.4, 0.5) is 11.5 Å². The molecule has 2 N–H and O–H groups in total. The Morgan fingerprint density at radius 3 is 2.46 bits per heavy atom. The molecule has 5 nitrogen and oxygen atoms in total. The van der Waals surface area contributed by atoms with E-state index < -0.39 is 0 Å². The van der Waals surface area contributed by atoms with Gasteiger partial charge in [-0.15, -0.1) is 0 Å². The van der Waals surface area contributed by atoms with Crippen molar-refractivity contribution in [1.82, 2.24) is 15.3 Å². The molecule has 0 atom stereocenters. The predicted molar refractivity (Wildman–Crippen MR) is 104 cm³/mol. The first-order valence-electron chi connectivity index (χ1n) is 8.60. The summed E-state index contributed by atoms with van der Waals surface area (Å²) in [6.07, 6.45) is 3.84. The summed E-state index contributed by atoms with van der Waals surface area (Å²) in [6.45, 7) is 4.70. The van der Waals surface area contributed by atoms with E-state index in [1.54, 1.807) is 6.20 Å². The Morgan fingerprint density at radius 2 is 1.77 bits per heavy atom. The highest BCUT2D eigenvalue weighted by atomic mass is 16.1.